The number of hydrogen-bond acceptors (Lipinski definition) is 4. The van der Waals surface area contributed by atoms with Gasteiger partial charge >= 0.3 is 0 Å². The minimum atomic E-state index is -0.301. The summed E-state index contributed by atoms with van der Waals surface area (Å²) in [6.07, 6.45) is 1.57. The molecular formula is C16H17N3O2. The third-order valence-corrected chi connectivity index (χ3v) is 2.72. The Labute approximate surface area is 123 Å². The van der Waals surface area contributed by atoms with E-state index < -0.39 is 0 Å². The maximum Gasteiger partial charge on any atom is 0.271 e. The van der Waals surface area contributed by atoms with E-state index in [9.17, 15) is 4.79 Å². The number of rotatable bonds is 5. The van der Waals surface area contributed by atoms with Crippen LogP contribution in [0.15, 0.2) is 53.6 Å². The number of hydrogen-bond donors (Lipinski definition) is 2. The molecule has 0 aliphatic heterocycles. The van der Waals surface area contributed by atoms with E-state index in [1.54, 1.807) is 30.5 Å². The van der Waals surface area contributed by atoms with Crippen LogP contribution in [0.1, 0.15) is 22.8 Å². The average molecular weight is 283 g/mol. The third kappa shape index (κ3) is 4.35. The average Bonchev–Trinajstić information content (AvgIpc) is 2.49. The Morgan fingerprint density at radius 3 is 2.71 bits per heavy atom. The van der Waals surface area contributed by atoms with Crippen LogP contribution in [0.2, 0.25) is 0 Å². The van der Waals surface area contributed by atoms with E-state index >= 15 is 0 Å². The molecule has 0 saturated carbocycles. The van der Waals surface area contributed by atoms with E-state index in [-0.39, 0.29) is 5.91 Å². The number of nitrogens with zero attached hydrogens (tertiary/aromatic N) is 1. The molecule has 0 radical (unpaired) electrons. The van der Waals surface area contributed by atoms with Crippen LogP contribution < -0.4 is 15.9 Å². The summed E-state index contributed by atoms with van der Waals surface area (Å²) >= 11 is 0. The van der Waals surface area contributed by atoms with E-state index in [0.29, 0.717) is 17.9 Å². The lowest BCUT2D eigenvalue weighted by Crippen LogP contribution is -2.17. The second kappa shape index (κ2) is 7.09. The molecule has 0 bridgehead atoms. The van der Waals surface area contributed by atoms with E-state index in [0.717, 1.165) is 11.3 Å². The highest BCUT2D eigenvalue weighted by Crippen LogP contribution is 2.10. The maximum absolute atomic E-state index is 11.8. The van der Waals surface area contributed by atoms with Gasteiger partial charge in [-0.2, -0.15) is 5.10 Å². The monoisotopic (exact) mass is 283 g/mol. The largest absolute Gasteiger partial charge is 0.494 e. The molecule has 0 atom stereocenters. The number of anilines is 1. The first-order valence-electron chi connectivity index (χ1n) is 6.61. The quantitative estimate of drug-likeness (QED) is 0.502. The van der Waals surface area contributed by atoms with Gasteiger partial charge in [0.05, 0.1) is 12.8 Å². The standard InChI is InChI=1S/C16H17N3O2/c1-2-21-15-8-6-12(7-9-15)11-18-19-16(20)13-4-3-5-14(17)10-13/h3-11H,2,17H2,1H3,(H,19,20). The number of nitrogens with one attached hydrogen (secondary N) is 1. The molecule has 0 unspecified atom stereocenters. The normalized spacial score (nSPS) is 10.5. The molecule has 0 heterocycles. The zero-order chi connectivity index (χ0) is 15.1. The van der Waals surface area contributed by atoms with Crippen LogP contribution in [0.5, 0.6) is 5.75 Å². The Morgan fingerprint density at radius 1 is 1.29 bits per heavy atom. The Hall–Kier alpha value is -2.82. The zero-order valence-corrected chi connectivity index (χ0v) is 11.7. The van der Waals surface area contributed by atoms with Crippen molar-refractivity contribution in [2.24, 2.45) is 5.10 Å². The van der Waals surface area contributed by atoms with Gasteiger partial charge in [-0.15, -0.1) is 0 Å². The van der Waals surface area contributed by atoms with Crippen molar-refractivity contribution in [1.82, 2.24) is 5.43 Å². The number of nitrogens with two attached hydrogens (primary N) is 1. The summed E-state index contributed by atoms with van der Waals surface area (Å²) in [6.45, 7) is 2.56. The topological polar surface area (TPSA) is 76.7 Å². The summed E-state index contributed by atoms with van der Waals surface area (Å²) in [5, 5.41) is 3.92. The van der Waals surface area contributed by atoms with Gasteiger partial charge in [-0.05, 0) is 55.0 Å². The molecule has 0 aromatic heterocycles. The van der Waals surface area contributed by atoms with Crippen molar-refractivity contribution >= 4 is 17.8 Å². The van der Waals surface area contributed by atoms with Gasteiger partial charge < -0.3 is 10.5 Å². The number of hydrazone groups is 1. The number of carbonyl (C=O) groups is 1. The number of benzene rings is 2. The molecule has 5 heteroatoms. The minimum Gasteiger partial charge on any atom is -0.494 e. The smallest absolute Gasteiger partial charge is 0.271 e. The lowest BCUT2D eigenvalue weighted by Gasteiger charge is -2.02. The summed E-state index contributed by atoms with van der Waals surface area (Å²) in [5.41, 5.74) is 9.96. The fourth-order valence-electron chi connectivity index (χ4n) is 1.73. The molecule has 2 aromatic carbocycles. The van der Waals surface area contributed by atoms with E-state index in [2.05, 4.69) is 10.5 Å². The van der Waals surface area contributed by atoms with Crippen LogP contribution in [0, 0.1) is 0 Å². The van der Waals surface area contributed by atoms with Gasteiger partial charge in [0.1, 0.15) is 5.75 Å². The summed E-state index contributed by atoms with van der Waals surface area (Å²) in [6, 6.07) is 14.2. The first-order valence-corrected chi connectivity index (χ1v) is 6.61. The Balaban J connectivity index is 1.94. The molecule has 0 aliphatic rings. The van der Waals surface area contributed by atoms with Gasteiger partial charge in [-0.3, -0.25) is 4.79 Å². The fraction of sp³-hybridized carbons (Fsp3) is 0.125. The summed E-state index contributed by atoms with van der Waals surface area (Å²) in [7, 11) is 0. The highest BCUT2D eigenvalue weighted by Gasteiger charge is 2.03. The molecule has 5 nitrogen and oxygen atoms in total. The van der Waals surface area contributed by atoms with Crippen molar-refractivity contribution in [2.75, 3.05) is 12.3 Å². The fourth-order valence-corrected chi connectivity index (χ4v) is 1.73. The van der Waals surface area contributed by atoms with Gasteiger partial charge in [0, 0.05) is 11.3 Å². The van der Waals surface area contributed by atoms with Gasteiger partial charge in [0.25, 0.3) is 5.91 Å². The second-order valence-electron chi connectivity index (χ2n) is 4.33. The molecule has 1 amide bonds. The first kappa shape index (κ1) is 14.6. The van der Waals surface area contributed by atoms with Crippen molar-refractivity contribution in [3.63, 3.8) is 0 Å². The molecule has 108 valence electrons. The molecule has 3 N–H and O–H groups in total. The lowest BCUT2D eigenvalue weighted by molar-refractivity contribution is 0.0955. The van der Waals surface area contributed by atoms with Gasteiger partial charge in [-0.25, -0.2) is 5.43 Å². The molecular weight excluding hydrogens is 266 g/mol. The molecule has 21 heavy (non-hydrogen) atoms. The first-order chi connectivity index (χ1) is 10.2. The summed E-state index contributed by atoms with van der Waals surface area (Å²) < 4.78 is 5.35. The van der Waals surface area contributed by atoms with E-state index in [1.807, 2.05) is 31.2 Å². The number of ether oxygens (including phenoxy) is 1. The van der Waals surface area contributed by atoms with Crippen molar-refractivity contribution in [1.29, 1.82) is 0 Å². The van der Waals surface area contributed by atoms with Crippen LogP contribution in [0.25, 0.3) is 0 Å². The highest BCUT2D eigenvalue weighted by molar-refractivity contribution is 5.95. The summed E-state index contributed by atoms with van der Waals surface area (Å²) in [4.78, 5) is 11.8. The van der Waals surface area contributed by atoms with Gasteiger partial charge in [0.2, 0.25) is 0 Å². The predicted molar refractivity (Wildman–Crippen MR) is 83.5 cm³/mol. The Kier molecular flexibility index (Phi) is 4.93. The Morgan fingerprint density at radius 2 is 2.05 bits per heavy atom. The van der Waals surface area contributed by atoms with Gasteiger partial charge in [-0.1, -0.05) is 6.07 Å². The highest BCUT2D eigenvalue weighted by atomic mass is 16.5. The van der Waals surface area contributed by atoms with Crippen molar-refractivity contribution in [2.45, 2.75) is 6.92 Å². The second-order valence-corrected chi connectivity index (χ2v) is 4.33. The molecule has 0 aliphatic carbocycles. The zero-order valence-electron chi connectivity index (χ0n) is 11.7. The van der Waals surface area contributed by atoms with Crippen LogP contribution >= 0.6 is 0 Å². The predicted octanol–water partition coefficient (Wildman–Crippen LogP) is 2.43. The summed E-state index contributed by atoms with van der Waals surface area (Å²) in [5.74, 6) is 0.503. The van der Waals surface area contributed by atoms with Crippen LogP contribution in [0.3, 0.4) is 0 Å². The van der Waals surface area contributed by atoms with Crippen molar-refractivity contribution in [3.05, 3.63) is 59.7 Å². The molecule has 0 saturated heterocycles. The number of amides is 1. The number of nitrogen functional groups attached to an aromatic ring is 1. The minimum absolute atomic E-state index is 0.301. The van der Waals surface area contributed by atoms with Gasteiger partial charge in [0.15, 0.2) is 0 Å². The molecule has 2 aromatic rings. The number of carbonyl (C=O) groups excluding carboxylic acids is 1. The van der Waals surface area contributed by atoms with Crippen molar-refractivity contribution in [3.8, 4) is 5.75 Å². The van der Waals surface area contributed by atoms with E-state index in [1.165, 1.54) is 0 Å². The molecule has 0 spiro atoms. The van der Waals surface area contributed by atoms with E-state index in [4.69, 9.17) is 10.5 Å². The van der Waals surface area contributed by atoms with Crippen LogP contribution in [-0.2, 0) is 0 Å². The Bertz CT molecular complexity index is 636. The molecule has 2 rings (SSSR count). The molecule has 0 fully saturated rings. The SMILES string of the molecule is CCOc1ccc(C=NNC(=O)c2cccc(N)c2)cc1. The maximum atomic E-state index is 11.8. The van der Waals surface area contributed by atoms with Crippen LogP contribution in [0.4, 0.5) is 5.69 Å². The van der Waals surface area contributed by atoms with Crippen molar-refractivity contribution < 1.29 is 9.53 Å². The van der Waals surface area contributed by atoms with Crippen LogP contribution in [-0.4, -0.2) is 18.7 Å². The third-order valence-electron chi connectivity index (χ3n) is 2.72. The lowest BCUT2D eigenvalue weighted by atomic mass is 10.2.